The van der Waals surface area contributed by atoms with Crippen molar-refractivity contribution in [3.05, 3.63) is 101 Å². The summed E-state index contributed by atoms with van der Waals surface area (Å²) in [5, 5.41) is 22.0. The molecular formula is C52H60F10N10O8. The van der Waals surface area contributed by atoms with Gasteiger partial charge in [-0.1, -0.05) is 24.0 Å². The average Bonchev–Trinajstić information content (AvgIpc) is 3.90. The van der Waals surface area contributed by atoms with Crippen molar-refractivity contribution in [3.8, 4) is 23.1 Å². The van der Waals surface area contributed by atoms with Crippen molar-refractivity contribution in [2.75, 3.05) is 65.1 Å². The Morgan fingerprint density at radius 3 is 1.80 bits per heavy atom. The summed E-state index contributed by atoms with van der Waals surface area (Å²) in [6.07, 6.45) is -13.6. The number of aromatic nitrogens is 3. The number of hydrogen-bond acceptors (Lipinski definition) is 13. The van der Waals surface area contributed by atoms with Gasteiger partial charge in [0.05, 0.1) is 61.6 Å². The Morgan fingerprint density at radius 1 is 0.787 bits per heavy atom. The van der Waals surface area contributed by atoms with Crippen molar-refractivity contribution < 1.29 is 82.4 Å². The number of pyridine rings is 1. The molecule has 2 saturated heterocycles. The highest BCUT2D eigenvalue weighted by atomic mass is 19.4. The first-order valence-electron chi connectivity index (χ1n) is 24.7. The molecule has 2 aliphatic heterocycles. The van der Waals surface area contributed by atoms with Crippen LogP contribution in [-0.2, 0) is 36.8 Å². The van der Waals surface area contributed by atoms with Crippen LogP contribution in [0.4, 0.5) is 59.3 Å². The number of alkyl halides is 8. The zero-order valence-corrected chi connectivity index (χ0v) is 44.4. The second kappa shape index (κ2) is 25.1. The van der Waals surface area contributed by atoms with E-state index in [0.717, 1.165) is 58.5 Å². The number of amides is 4. The molecule has 4 heterocycles. The van der Waals surface area contributed by atoms with Gasteiger partial charge in [-0.2, -0.15) is 40.2 Å². The molecule has 0 spiro atoms. The molecule has 2 aliphatic rings. The summed E-state index contributed by atoms with van der Waals surface area (Å²) in [6, 6.07) is 5.23. The molecule has 1 unspecified atom stereocenters. The van der Waals surface area contributed by atoms with Crippen LogP contribution in [0.2, 0.25) is 0 Å². The highest BCUT2D eigenvalue weighted by Crippen LogP contribution is 2.42. The molecule has 2 aromatic heterocycles. The van der Waals surface area contributed by atoms with Crippen molar-refractivity contribution in [3.63, 3.8) is 0 Å². The fraction of sp³-hybridized carbons (Fsp3) is 0.500. The first-order valence-corrected chi connectivity index (χ1v) is 24.7. The molecule has 4 atom stereocenters. The van der Waals surface area contributed by atoms with Gasteiger partial charge in [0.2, 0.25) is 5.91 Å². The molecule has 28 heteroatoms. The van der Waals surface area contributed by atoms with E-state index in [9.17, 15) is 59.4 Å². The van der Waals surface area contributed by atoms with Gasteiger partial charge in [0, 0.05) is 73.9 Å². The van der Waals surface area contributed by atoms with E-state index < -0.39 is 115 Å². The lowest BCUT2D eigenvalue weighted by Crippen LogP contribution is -2.64. The predicted molar refractivity (Wildman–Crippen MR) is 267 cm³/mol. The monoisotopic (exact) mass is 1140 g/mol. The fourth-order valence-corrected chi connectivity index (χ4v) is 8.62. The highest BCUT2D eigenvalue weighted by molar-refractivity contribution is 5.87. The molecule has 18 nitrogen and oxygen atoms in total. The van der Waals surface area contributed by atoms with Crippen molar-refractivity contribution in [2.45, 2.75) is 96.3 Å². The number of alkyl carbamates (subject to hydrolysis) is 2. The van der Waals surface area contributed by atoms with Crippen molar-refractivity contribution >= 4 is 29.8 Å². The Kier molecular flexibility index (Phi) is 19.4. The predicted octanol–water partition coefficient (Wildman–Crippen LogP) is 6.48. The van der Waals surface area contributed by atoms with E-state index in [4.69, 9.17) is 4.74 Å². The zero-order chi connectivity index (χ0) is 59.1. The van der Waals surface area contributed by atoms with Crippen LogP contribution in [0.3, 0.4) is 0 Å². The number of carbonyl (C=O) groups excluding carboxylic acids is 4. The highest BCUT2D eigenvalue weighted by Gasteiger charge is 2.57. The van der Waals surface area contributed by atoms with E-state index in [-0.39, 0.29) is 27.0 Å². The molecule has 0 bridgehead atoms. The van der Waals surface area contributed by atoms with Gasteiger partial charge in [0.1, 0.15) is 29.5 Å². The molecule has 6 rings (SSSR count). The Labute approximate surface area is 453 Å². The molecule has 0 saturated carbocycles. The van der Waals surface area contributed by atoms with E-state index in [1.807, 2.05) is 16.8 Å². The van der Waals surface area contributed by atoms with Crippen LogP contribution in [0.1, 0.15) is 63.4 Å². The van der Waals surface area contributed by atoms with Gasteiger partial charge in [-0.25, -0.2) is 33.0 Å². The van der Waals surface area contributed by atoms with Crippen LogP contribution < -0.4 is 26.3 Å². The minimum absolute atomic E-state index is 0.0360. The van der Waals surface area contributed by atoms with Crippen LogP contribution in [-0.4, -0.2) is 156 Å². The van der Waals surface area contributed by atoms with Crippen LogP contribution >= 0.6 is 0 Å². The normalized spacial score (nSPS) is 16.6. The summed E-state index contributed by atoms with van der Waals surface area (Å²) >= 11 is 0. The lowest BCUT2D eigenvalue weighted by atomic mass is 9.82. The molecule has 2 aromatic carbocycles. The summed E-state index contributed by atoms with van der Waals surface area (Å²) in [5.41, 5.74) is -4.42. The lowest BCUT2D eigenvalue weighted by molar-refractivity contribution is -0.221. The molecule has 0 aliphatic carbocycles. The Morgan fingerprint density at radius 2 is 1.32 bits per heavy atom. The van der Waals surface area contributed by atoms with Crippen molar-refractivity contribution in [1.29, 1.82) is 0 Å². The van der Waals surface area contributed by atoms with Crippen LogP contribution in [0.15, 0.2) is 67.0 Å². The average molecular weight is 1140 g/mol. The molecule has 80 heavy (non-hydrogen) atoms. The minimum atomic E-state index is -5.23. The number of ether oxygens (including phenoxy) is 3. The zero-order valence-electron chi connectivity index (χ0n) is 44.4. The number of nitrogens with one attached hydrogen (secondary N) is 4. The fourth-order valence-electron chi connectivity index (χ4n) is 8.62. The second-order valence-corrected chi connectivity index (χ2v) is 20.5. The van der Waals surface area contributed by atoms with Gasteiger partial charge in [-0.3, -0.25) is 19.9 Å². The Bertz CT molecular complexity index is 2860. The number of benzene rings is 2. The van der Waals surface area contributed by atoms with E-state index in [2.05, 4.69) is 53.4 Å². The third-order valence-electron chi connectivity index (χ3n) is 14.1. The van der Waals surface area contributed by atoms with Gasteiger partial charge in [-0.15, -0.1) is 0 Å². The van der Waals surface area contributed by atoms with Gasteiger partial charge < -0.3 is 40.2 Å². The van der Waals surface area contributed by atoms with Gasteiger partial charge in [0.25, 0.3) is 5.91 Å². The maximum Gasteiger partial charge on any atom is 0.407 e. The molecule has 5 N–H and O–H groups in total. The maximum atomic E-state index is 16.0. The van der Waals surface area contributed by atoms with Crippen molar-refractivity contribution in [1.82, 2.24) is 46.0 Å². The number of halogens is 10. The number of nitrogens with zero attached hydrogens (tertiary/aromatic N) is 6. The maximum absolute atomic E-state index is 16.0. The number of hydrazine groups is 1. The van der Waals surface area contributed by atoms with E-state index in [1.165, 1.54) is 24.3 Å². The number of rotatable bonds is 19. The molecule has 2 fully saturated rings. The minimum Gasteiger partial charge on any atom is -0.453 e. The number of piperazine rings is 1. The first-order chi connectivity index (χ1) is 37.4. The Balaban J connectivity index is 1.32. The van der Waals surface area contributed by atoms with Gasteiger partial charge in [0.15, 0.2) is 0 Å². The molecule has 436 valence electrons. The molecular weight excluding hydrogens is 1080 g/mol. The van der Waals surface area contributed by atoms with Crippen LogP contribution in [0, 0.1) is 34.3 Å². The second-order valence-electron chi connectivity index (χ2n) is 20.5. The summed E-state index contributed by atoms with van der Waals surface area (Å²) in [5.74, 6) is 0.693. The van der Waals surface area contributed by atoms with E-state index >= 15 is 8.78 Å². The SMILES string of the molecule is COC(=O)NC(C(=O)N[C@@H](Cc1ccc(C#Cc2ccc(N3CCN(C4(C)COC4)CC3)nc2)cc1)[C@@H](O)CN(Cc1c(F)cc(-c2ccn(C(F)F)n2)cc1F)NC(=O)[C@@H](NC(=O)OC)C(C)(C)C(F)(F)F)C(C)(C)C(F)(F)F. The number of methoxy groups -OCH3 is 2. The summed E-state index contributed by atoms with van der Waals surface area (Å²) in [4.78, 5) is 62.0. The Hall–Kier alpha value is -7.22. The third-order valence-corrected chi connectivity index (χ3v) is 14.1. The number of aliphatic hydroxyl groups is 1. The lowest BCUT2D eigenvalue weighted by Gasteiger charge is -2.50. The number of aliphatic hydroxyl groups excluding tert-OH is 1. The summed E-state index contributed by atoms with van der Waals surface area (Å²) < 4.78 is 160. The third kappa shape index (κ3) is 14.8. The number of carbonyl (C=O) groups is 4. The van der Waals surface area contributed by atoms with Crippen molar-refractivity contribution in [2.24, 2.45) is 10.8 Å². The molecule has 4 aromatic rings. The number of anilines is 1. The largest absolute Gasteiger partial charge is 0.453 e. The van der Waals surface area contributed by atoms with Crippen LogP contribution in [0.25, 0.3) is 11.3 Å². The molecule has 0 radical (unpaired) electrons. The van der Waals surface area contributed by atoms with Gasteiger partial charge >= 0.3 is 31.1 Å². The van der Waals surface area contributed by atoms with Gasteiger partial charge in [-0.05, 0) is 89.1 Å². The quantitative estimate of drug-likeness (QED) is 0.0388. The van der Waals surface area contributed by atoms with Crippen LogP contribution in [0.5, 0.6) is 0 Å². The number of hydrogen-bond donors (Lipinski definition) is 5. The summed E-state index contributed by atoms with van der Waals surface area (Å²) in [7, 11) is 1.60. The standard InChI is InChI=1S/C52H60F10N10O8/c1-48(2,51(57,58)59)41(65-46(76)78-6)43(74)64-38(22-31-11-8-30(9-12-31)10-13-32-14-15-40(63-25-32)69-18-20-70(21-19-69)50(5)28-80-29-50)39(73)27-71(68-44(75)42(66-47(77)79-7)49(3,4)52(60,61)62)26-34-35(53)23-33(24-36(34)54)37-16-17-72(67-37)45(55)56/h8-9,11-12,14-17,23-25,38-39,41-42,45,73H,18-22,26-29H2,1-7H3,(H,64,74)(H,65,76)(H,66,77)(H,68,75)/t38-,39-,41?,42+/m0/s1. The molecule has 4 amide bonds. The topological polar surface area (TPSA) is 205 Å². The smallest absolute Gasteiger partial charge is 0.407 e. The van der Waals surface area contributed by atoms with E-state index in [0.29, 0.717) is 69.2 Å². The first kappa shape index (κ1) is 62.0. The summed E-state index contributed by atoms with van der Waals surface area (Å²) in [6.45, 7) is 3.65. The van der Waals surface area contributed by atoms with E-state index in [1.54, 1.807) is 17.6 Å².